The van der Waals surface area contributed by atoms with E-state index in [1.54, 1.807) is 60.3 Å². The van der Waals surface area contributed by atoms with Crippen molar-refractivity contribution in [2.45, 2.75) is 19.9 Å². The van der Waals surface area contributed by atoms with Crippen molar-refractivity contribution in [1.29, 1.82) is 0 Å². The van der Waals surface area contributed by atoms with E-state index in [0.29, 0.717) is 38.6 Å². The Bertz CT molecular complexity index is 1400. The van der Waals surface area contributed by atoms with Crippen LogP contribution in [-0.4, -0.2) is 46.2 Å². The Morgan fingerprint density at radius 2 is 1.68 bits per heavy atom. The molecule has 0 saturated carbocycles. The summed E-state index contributed by atoms with van der Waals surface area (Å²) in [5, 5.41) is 8.39. The molecule has 0 aliphatic heterocycles. The number of hydrogen-bond acceptors (Lipinski definition) is 4. The van der Waals surface area contributed by atoms with E-state index < -0.39 is 0 Å². The molecule has 0 bridgehead atoms. The van der Waals surface area contributed by atoms with Crippen LogP contribution in [0.1, 0.15) is 24.2 Å². The summed E-state index contributed by atoms with van der Waals surface area (Å²) in [6.45, 7) is 3.58. The number of halogens is 2. The Hall–Kier alpha value is -3.81. The zero-order valence-corrected chi connectivity index (χ0v) is 22.1. The van der Waals surface area contributed by atoms with Crippen molar-refractivity contribution < 1.29 is 14.3 Å². The number of nitrogens with one attached hydrogen (secondary N) is 1. The maximum atomic E-state index is 13.2. The first-order chi connectivity index (χ1) is 17.8. The van der Waals surface area contributed by atoms with Gasteiger partial charge in [0.05, 0.1) is 28.5 Å². The van der Waals surface area contributed by atoms with Gasteiger partial charge in [0, 0.05) is 23.2 Å². The summed E-state index contributed by atoms with van der Waals surface area (Å²) in [4.78, 5) is 27.9. The largest absolute Gasteiger partial charge is 0.497 e. The third-order valence-electron chi connectivity index (χ3n) is 5.73. The van der Waals surface area contributed by atoms with Gasteiger partial charge in [-0.2, -0.15) is 5.10 Å². The summed E-state index contributed by atoms with van der Waals surface area (Å²) in [6.07, 6.45) is 0. The number of hydrogen-bond donors (Lipinski definition) is 1. The number of ether oxygens (including phenoxy) is 1. The molecule has 0 saturated heterocycles. The van der Waals surface area contributed by atoms with E-state index in [4.69, 9.17) is 33.0 Å². The molecule has 190 valence electrons. The molecule has 0 spiro atoms. The molecular weight excluding hydrogens is 511 g/mol. The Labute approximate surface area is 225 Å². The maximum absolute atomic E-state index is 13.2. The van der Waals surface area contributed by atoms with Crippen LogP contribution in [0.15, 0.2) is 78.9 Å². The van der Waals surface area contributed by atoms with Gasteiger partial charge in [-0.05, 0) is 56.3 Å². The van der Waals surface area contributed by atoms with Crippen LogP contribution in [0.25, 0.3) is 16.9 Å². The van der Waals surface area contributed by atoms with Crippen LogP contribution in [0, 0.1) is 0 Å². The summed E-state index contributed by atoms with van der Waals surface area (Å²) in [6, 6.07) is 23.1. The molecule has 0 atom stereocenters. The zero-order chi connectivity index (χ0) is 26.5. The van der Waals surface area contributed by atoms with Crippen molar-refractivity contribution in [2.24, 2.45) is 0 Å². The number of amides is 2. The highest BCUT2D eigenvalue weighted by atomic mass is 35.5. The van der Waals surface area contributed by atoms with E-state index in [1.807, 2.05) is 44.2 Å². The van der Waals surface area contributed by atoms with Gasteiger partial charge in [0.1, 0.15) is 18.1 Å². The van der Waals surface area contributed by atoms with Crippen LogP contribution in [0.2, 0.25) is 10.0 Å². The molecule has 3 aromatic carbocycles. The Kier molecular flexibility index (Phi) is 8.16. The third-order valence-corrected chi connectivity index (χ3v) is 6.47. The maximum Gasteiger partial charge on any atom is 0.254 e. The molecule has 0 radical (unpaired) electrons. The molecule has 0 fully saturated rings. The van der Waals surface area contributed by atoms with E-state index in [2.05, 4.69) is 5.32 Å². The highest BCUT2D eigenvalue weighted by molar-refractivity contribution is 6.42. The number of methoxy groups -OCH3 is 1. The molecule has 0 aliphatic carbocycles. The van der Waals surface area contributed by atoms with Crippen molar-refractivity contribution in [3.8, 4) is 22.7 Å². The normalized spacial score (nSPS) is 10.9. The number of aromatic nitrogens is 2. The monoisotopic (exact) mass is 536 g/mol. The van der Waals surface area contributed by atoms with Gasteiger partial charge in [-0.25, -0.2) is 4.68 Å². The van der Waals surface area contributed by atoms with Gasteiger partial charge in [0.25, 0.3) is 5.91 Å². The van der Waals surface area contributed by atoms with E-state index in [-0.39, 0.29) is 24.4 Å². The summed E-state index contributed by atoms with van der Waals surface area (Å²) >= 11 is 12.4. The summed E-state index contributed by atoms with van der Waals surface area (Å²) in [5.41, 5.74) is 2.64. The summed E-state index contributed by atoms with van der Waals surface area (Å²) in [7, 11) is 1.56. The standard InChI is InChI=1S/C28H26Cl2N4O3/c1-18(2)33(28(36)20-9-12-22(37-3)13-10-20)17-27(35)31-26-16-25(19-7-5-4-6-8-19)32-34(26)21-11-14-23(29)24(30)15-21/h4-16,18H,17H2,1-3H3,(H,31,35). The van der Waals surface area contributed by atoms with Gasteiger partial charge in [-0.1, -0.05) is 53.5 Å². The molecule has 1 aromatic heterocycles. The summed E-state index contributed by atoms with van der Waals surface area (Å²) in [5.74, 6) is 0.463. The molecule has 7 nitrogen and oxygen atoms in total. The van der Waals surface area contributed by atoms with E-state index >= 15 is 0 Å². The number of carbonyl (C=O) groups excluding carboxylic acids is 2. The fraction of sp³-hybridized carbons (Fsp3) is 0.179. The number of nitrogens with zero attached hydrogens (tertiary/aromatic N) is 3. The summed E-state index contributed by atoms with van der Waals surface area (Å²) < 4.78 is 6.76. The van der Waals surface area contributed by atoms with Crippen LogP contribution >= 0.6 is 23.2 Å². The lowest BCUT2D eigenvalue weighted by atomic mass is 10.1. The van der Waals surface area contributed by atoms with Crippen LogP contribution in [0.3, 0.4) is 0 Å². The second kappa shape index (κ2) is 11.5. The number of anilines is 1. The number of benzene rings is 3. The average molecular weight is 537 g/mol. The van der Waals surface area contributed by atoms with E-state index in [1.165, 1.54) is 4.90 Å². The van der Waals surface area contributed by atoms with Crippen molar-refractivity contribution >= 4 is 40.8 Å². The minimum absolute atomic E-state index is 0.143. The predicted molar refractivity (Wildman–Crippen MR) is 147 cm³/mol. The molecule has 4 aromatic rings. The molecule has 1 heterocycles. The molecule has 2 amide bonds. The second-order valence-corrected chi connectivity index (χ2v) is 9.41. The van der Waals surface area contributed by atoms with Gasteiger partial charge in [0.2, 0.25) is 5.91 Å². The van der Waals surface area contributed by atoms with Crippen LogP contribution < -0.4 is 10.1 Å². The topological polar surface area (TPSA) is 76.5 Å². The first-order valence-electron chi connectivity index (χ1n) is 11.6. The average Bonchev–Trinajstić information content (AvgIpc) is 3.32. The van der Waals surface area contributed by atoms with E-state index in [0.717, 1.165) is 5.56 Å². The van der Waals surface area contributed by atoms with Gasteiger partial charge in [0.15, 0.2) is 0 Å². The first kappa shape index (κ1) is 26.3. The van der Waals surface area contributed by atoms with Gasteiger partial charge >= 0.3 is 0 Å². The molecule has 0 aliphatic rings. The van der Waals surface area contributed by atoms with Gasteiger partial charge in [-0.15, -0.1) is 0 Å². The lowest BCUT2D eigenvalue weighted by Crippen LogP contribution is -2.42. The Morgan fingerprint density at radius 3 is 2.30 bits per heavy atom. The minimum atomic E-state index is -0.364. The lowest BCUT2D eigenvalue weighted by molar-refractivity contribution is -0.117. The van der Waals surface area contributed by atoms with Crippen LogP contribution in [0.4, 0.5) is 5.82 Å². The van der Waals surface area contributed by atoms with Crippen LogP contribution in [0.5, 0.6) is 5.75 Å². The molecule has 4 rings (SSSR count). The highest BCUT2D eigenvalue weighted by Crippen LogP contribution is 2.29. The lowest BCUT2D eigenvalue weighted by Gasteiger charge is -2.26. The van der Waals surface area contributed by atoms with Gasteiger partial charge < -0.3 is 15.0 Å². The quantitative estimate of drug-likeness (QED) is 0.285. The number of rotatable bonds is 8. The van der Waals surface area contributed by atoms with Gasteiger partial charge in [-0.3, -0.25) is 9.59 Å². The molecule has 9 heteroatoms. The fourth-order valence-electron chi connectivity index (χ4n) is 3.76. The Balaban J connectivity index is 1.61. The first-order valence-corrected chi connectivity index (χ1v) is 12.4. The van der Waals surface area contributed by atoms with Crippen molar-refractivity contribution in [3.05, 3.63) is 94.5 Å². The highest BCUT2D eigenvalue weighted by Gasteiger charge is 2.23. The Morgan fingerprint density at radius 1 is 0.973 bits per heavy atom. The third kappa shape index (κ3) is 6.13. The zero-order valence-electron chi connectivity index (χ0n) is 20.6. The predicted octanol–water partition coefficient (Wildman–Crippen LogP) is 6.34. The number of carbonyl (C=O) groups is 2. The smallest absolute Gasteiger partial charge is 0.254 e. The van der Waals surface area contributed by atoms with Crippen molar-refractivity contribution in [3.63, 3.8) is 0 Å². The molecule has 37 heavy (non-hydrogen) atoms. The molecule has 1 N–H and O–H groups in total. The SMILES string of the molecule is COc1ccc(C(=O)N(CC(=O)Nc2cc(-c3ccccc3)nn2-c2ccc(Cl)c(Cl)c2)C(C)C)cc1. The molecular formula is C28H26Cl2N4O3. The fourth-order valence-corrected chi connectivity index (χ4v) is 4.05. The second-order valence-electron chi connectivity index (χ2n) is 8.59. The molecule has 0 unspecified atom stereocenters. The van der Waals surface area contributed by atoms with E-state index in [9.17, 15) is 9.59 Å². The van der Waals surface area contributed by atoms with Crippen LogP contribution in [-0.2, 0) is 4.79 Å². The minimum Gasteiger partial charge on any atom is -0.497 e. The van der Waals surface area contributed by atoms with Crippen molar-refractivity contribution in [2.75, 3.05) is 19.0 Å². The van der Waals surface area contributed by atoms with Crippen molar-refractivity contribution in [1.82, 2.24) is 14.7 Å².